The van der Waals surface area contributed by atoms with Crippen LogP contribution in [0.4, 0.5) is 0 Å². The van der Waals surface area contributed by atoms with Crippen LogP contribution in [0.25, 0.3) is 0 Å². The van der Waals surface area contributed by atoms with Crippen LogP contribution in [-0.4, -0.2) is 13.0 Å². The van der Waals surface area contributed by atoms with Crippen molar-refractivity contribution in [1.82, 2.24) is 0 Å². The molecule has 70 valence electrons. The van der Waals surface area contributed by atoms with E-state index in [0.717, 1.165) is 6.42 Å². The van der Waals surface area contributed by atoms with Gasteiger partial charge in [0.05, 0.1) is 0 Å². The number of rotatable bonds is 4. The van der Waals surface area contributed by atoms with Crippen LogP contribution in [-0.2, 0) is 4.65 Å². The van der Waals surface area contributed by atoms with Gasteiger partial charge in [0, 0.05) is 6.10 Å². The molecule has 1 unspecified atom stereocenters. The molecular weight excluding hydrogens is 147 g/mol. The fourth-order valence-electron chi connectivity index (χ4n) is 1.09. The first-order chi connectivity index (χ1) is 5.38. The molecule has 0 saturated carbocycles. The monoisotopic (exact) mass is 168 g/mol. The summed E-state index contributed by atoms with van der Waals surface area (Å²) in [5.41, 5.74) is 0.207. The molecule has 0 rings (SSSR count). The van der Waals surface area contributed by atoms with Crippen molar-refractivity contribution in [3.8, 4) is 0 Å². The van der Waals surface area contributed by atoms with E-state index in [1.54, 1.807) is 0 Å². The molecule has 0 radical (unpaired) electrons. The van der Waals surface area contributed by atoms with Crippen LogP contribution in [0.5, 0.6) is 0 Å². The number of hydrogen-bond acceptors (Lipinski definition) is 1. The van der Waals surface area contributed by atoms with Crippen LogP contribution in [0.1, 0.15) is 27.2 Å². The smallest absolute Gasteiger partial charge is 0.287 e. The Balaban J connectivity index is 4.13. The van der Waals surface area contributed by atoms with E-state index < -0.39 is 0 Å². The largest absolute Gasteiger partial charge is 0.433 e. The summed E-state index contributed by atoms with van der Waals surface area (Å²) < 4.78 is 5.78. The van der Waals surface area contributed by atoms with Crippen molar-refractivity contribution in [3.63, 3.8) is 0 Å². The van der Waals surface area contributed by atoms with E-state index in [1.165, 1.54) is 0 Å². The van der Waals surface area contributed by atoms with E-state index in [0.29, 0.717) is 6.92 Å². The molecule has 0 aromatic heterocycles. The first-order valence-corrected chi connectivity index (χ1v) is 4.64. The van der Waals surface area contributed by atoms with Gasteiger partial charge < -0.3 is 4.65 Å². The zero-order valence-corrected chi connectivity index (χ0v) is 9.05. The van der Waals surface area contributed by atoms with Gasteiger partial charge in [-0.1, -0.05) is 40.5 Å². The van der Waals surface area contributed by atoms with E-state index in [-0.39, 0.29) is 11.5 Å². The lowest BCUT2D eigenvalue weighted by atomic mass is 9.73. The van der Waals surface area contributed by atoms with Gasteiger partial charge in [0.15, 0.2) is 0 Å². The van der Waals surface area contributed by atoms with Gasteiger partial charge in [-0.2, -0.15) is 0 Å². The highest BCUT2D eigenvalue weighted by Gasteiger charge is 2.25. The highest BCUT2D eigenvalue weighted by atomic mass is 16.4. The second-order valence-electron chi connectivity index (χ2n) is 4.56. The highest BCUT2D eigenvalue weighted by Crippen LogP contribution is 2.25. The summed E-state index contributed by atoms with van der Waals surface area (Å²) in [7, 11) is 0. The van der Waals surface area contributed by atoms with Gasteiger partial charge in [0.2, 0.25) is 0 Å². The van der Waals surface area contributed by atoms with Crippen molar-refractivity contribution in [3.05, 3.63) is 12.7 Å². The Hall–Kier alpha value is -0.235. The molecule has 0 aromatic rings. The summed E-state index contributed by atoms with van der Waals surface area (Å²) in [6.45, 7) is 14.8. The van der Waals surface area contributed by atoms with Crippen LogP contribution >= 0.6 is 0 Å². The molecule has 0 fully saturated rings. The van der Waals surface area contributed by atoms with Gasteiger partial charge >= 0.3 is 0 Å². The molecule has 1 nitrogen and oxygen atoms in total. The lowest BCUT2D eigenvalue weighted by Gasteiger charge is -2.31. The third-order valence-electron chi connectivity index (χ3n) is 1.78. The first kappa shape index (κ1) is 11.8. The van der Waals surface area contributed by atoms with E-state index in [1.807, 2.05) is 6.08 Å². The molecule has 0 aliphatic carbocycles. The number of hydrogen-bond donors (Lipinski definition) is 0. The summed E-state index contributed by atoms with van der Waals surface area (Å²) >= 11 is 0. The molecule has 0 aromatic carbocycles. The van der Waals surface area contributed by atoms with Crippen molar-refractivity contribution in [2.45, 2.75) is 46.9 Å². The minimum atomic E-state index is 0.207. The first-order valence-electron chi connectivity index (χ1n) is 4.64. The zero-order chi connectivity index (χ0) is 9.78. The van der Waals surface area contributed by atoms with Crippen LogP contribution in [0.15, 0.2) is 12.7 Å². The fraction of sp³-hybridized carbons (Fsp3) is 0.800. The predicted molar refractivity (Wildman–Crippen MR) is 56.6 cm³/mol. The molecule has 0 N–H and O–H groups in total. The maximum Gasteiger partial charge on any atom is 0.287 e. The quantitative estimate of drug-likeness (QED) is 0.462. The van der Waals surface area contributed by atoms with Crippen molar-refractivity contribution in [1.29, 1.82) is 0 Å². The van der Waals surface area contributed by atoms with E-state index in [9.17, 15) is 0 Å². The Bertz CT molecular complexity index is 135. The Kier molecular flexibility index (Phi) is 4.62. The van der Waals surface area contributed by atoms with Crippen molar-refractivity contribution >= 4 is 6.92 Å². The summed E-state index contributed by atoms with van der Waals surface area (Å²) in [5.74, 6) is 0. The minimum Gasteiger partial charge on any atom is -0.433 e. The fourth-order valence-corrected chi connectivity index (χ4v) is 1.09. The summed E-state index contributed by atoms with van der Waals surface area (Å²) in [4.78, 5) is 0. The molecule has 0 amide bonds. The van der Waals surface area contributed by atoms with Crippen LogP contribution in [0.2, 0.25) is 13.6 Å². The Labute approximate surface area is 77.3 Å². The topological polar surface area (TPSA) is 9.23 Å². The van der Waals surface area contributed by atoms with Gasteiger partial charge in [-0.3, -0.25) is 0 Å². The maximum atomic E-state index is 5.78. The zero-order valence-electron chi connectivity index (χ0n) is 9.05. The second-order valence-corrected chi connectivity index (χ2v) is 4.56. The van der Waals surface area contributed by atoms with Gasteiger partial charge in [-0.25, -0.2) is 0 Å². The van der Waals surface area contributed by atoms with Crippen LogP contribution in [0.3, 0.4) is 0 Å². The molecule has 0 spiro atoms. The summed E-state index contributed by atoms with van der Waals surface area (Å²) in [6.07, 6.45) is 3.15. The molecule has 2 heteroatoms. The Morgan fingerprint density at radius 2 is 1.92 bits per heavy atom. The van der Waals surface area contributed by atoms with E-state index >= 15 is 0 Å². The van der Waals surface area contributed by atoms with E-state index in [2.05, 4.69) is 41.0 Å². The van der Waals surface area contributed by atoms with Gasteiger partial charge in [0.25, 0.3) is 6.92 Å². The molecule has 0 aliphatic heterocycles. The average Bonchev–Trinajstić information content (AvgIpc) is 1.83. The lowest BCUT2D eigenvalue weighted by Crippen LogP contribution is -2.32. The van der Waals surface area contributed by atoms with Crippen LogP contribution < -0.4 is 0 Å². The molecular formula is C10H21BO. The van der Waals surface area contributed by atoms with Gasteiger partial charge in [0.1, 0.15) is 0 Å². The van der Waals surface area contributed by atoms with Crippen molar-refractivity contribution in [2.24, 2.45) is 5.41 Å². The van der Waals surface area contributed by atoms with Crippen molar-refractivity contribution in [2.75, 3.05) is 0 Å². The minimum absolute atomic E-state index is 0.207. The highest BCUT2D eigenvalue weighted by molar-refractivity contribution is 6.48. The van der Waals surface area contributed by atoms with E-state index in [4.69, 9.17) is 4.65 Å². The molecule has 1 atom stereocenters. The normalized spacial score (nSPS) is 14.1. The molecule has 0 aliphatic rings. The maximum absolute atomic E-state index is 5.78. The third-order valence-corrected chi connectivity index (χ3v) is 1.78. The van der Waals surface area contributed by atoms with Crippen molar-refractivity contribution < 1.29 is 4.65 Å². The molecule has 0 saturated heterocycles. The van der Waals surface area contributed by atoms with Gasteiger partial charge in [-0.05, 0) is 11.8 Å². The SMILES string of the molecule is C=CCC(OB(C)C)C(C)(C)C. The van der Waals surface area contributed by atoms with Crippen LogP contribution in [0, 0.1) is 5.41 Å². The second kappa shape index (κ2) is 4.71. The Morgan fingerprint density at radius 1 is 1.42 bits per heavy atom. The molecule has 0 heterocycles. The summed E-state index contributed by atoms with van der Waals surface area (Å²) in [6, 6.07) is 0. The average molecular weight is 168 g/mol. The molecule has 12 heavy (non-hydrogen) atoms. The predicted octanol–water partition coefficient (Wildman–Crippen LogP) is 3.24. The summed E-state index contributed by atoms with van der Waals surface area (Å²) in [5, 5.41) is 0. The third kappa shape index (κ3) is 4.60. The van der Waals surface area contributed by atoms with Gasteiger partial charge in [-0.15, -0.1) is 6.58 Å². The Morgan fingerprint density at radius 3 is 2.17 bits per heavy atom. The lowest BCUT2D eigenvalue weighted by molar-refractivity contribution is 0.0892. The molecule has 0 bridgehead atoms. The standard InChI is InChI=1S/C10H21BO/c1-7-8-9(10(2,3)4)12-11(5)6/h7,9H,1,8H2,2-6H3.